The summed E-state index contributed by atoms with van der Waals surface area (Å²) in [7, 11) is 1.68. The molecular weight excluding hydrogens is 379 g/mol. The van der Waals surface area contributed by atoms with Crippen LogP contribution in [0.2, 0.25) is 0 Å². The van der Waals surface area contributed by atoms with Gasteiger partial charge in [0.1, 0.15) is 0 Å². The Hall–Kier alpha value is -1.31. The van der Waals surface area contributed by atoms with E-state index in [4.69, 9.17) is 0 Å². The summed E-state index contributed by atoms with van der Waals surface area (Å²) in [5.41, 5.74) is 2.02. The minimum absolute atomic E-state index is 0. The average molecular weight is 404 g/mol. The molecule has 0 aliphatic heterocycles. The standard InChI is InChI=1S/C15H24N4O.HI/c1-5-12-7-6-8-13(9-12)19-14(20)10-17-15(16-4)18-11(2)3;/h6-9,11H,5,10H2,1-4H3,(H,19,20)(H2,16,17,18);1H. The first-order valence-corrected chi connectivity index (χ1v) is 6.91. The van der Waals surface area contributed by atoms with Crippen molar-refractivity contribution in [1.29, 1.82) is 0 Å². The van der Waals surface area contributed by atoms with E-state index in [9.17, 15) is 4.79 Å². The van der Waals surface area contributed by atoms with Crippen LogP contribution in [-0.4, -0.2) is 31.5 Å². The number of hydrogen-bond donors (Lipinski definition) is 3. The number of aliphatic imine (C=N–C) groups is 1. The van der Waals surface area contributed by atoms with E-state index < -0.39 is 0 Å². The molecule has 6 heteroatoms. The van der Waals surface area contributed by atoms with Crippen LogP contribution in [0.1, 0.15) is 26.3 Å². The zero-order valence-electron chi connectivity index (χ0n) is 13.1. The van der Waals surface area contributed by atoms with Gasteiger partial charge in [-0.2, -0.15) is 0 Å². The van der Waals surface area contributed by atoms with Crippen LogP contribution < -0.4 is 16.0 Å². The van der Waals surface area contributed by atoms with E-state index >= 15 is 0 Å². The SMILES string of the molecule is CCc1cccc(NC(=O)CNC(=NC)NC(C)C)c1.I. The maximum atomic E-state index is 11.9. The van der Waals surface area contributed by atoms with Crippen LogP contribution in [0.5, 0.6) is 0 Å². The van der Waals surface area contributed by atoms with Crippen LogP contribution in [0.25, 0.3) is 0 Å². The van der Waals surface area contributed by atoms with Gasteiger partial charge in [0.15, 0.2) is 5.96 Å². The van der Waals surface area contributed by atoms with Gasteiger partial charge in [0.05, 0.1) is 6.54 Å². The van der Waals surface area contributed by atoms with Crippen molar-refractivity contribution in [3.8, 4) is 0 Å². The first kappa shape index (κ1) is 19.7. The molecule has 0 saturated heterocycles. The third kappa shape index (κ3) is 7.89. The number of rotatable bonds is 5. The molecule has 0 aliphatic rings. The van der Waals surface area contributed by atoms with E-state index in [-0.39, 0.29) is 42.5 Å². The van der Waals surface area contributed by atoms with Gasteiger partial charge in [-0.15, -0.1) is 24.0 Å². The molecule has 0 aromatic heterocycles. The molecule has 3 N–H and O–H groups in total. The molecular formula is C15H25IN4O. The maximum absolute atomic E-state index is 11.9. The zero-order chi connectivity index (χ0) is 15.0. The predicted octanol–water partition coefficient (Wildman–Crippen LogP) is 2.38. The molecule has 1 amide bonds. The highest BCUT2D eigenvalue weighted by Gasteiger charge is 2.05. The number of amides is 1. The van der Waals surface area contributed by atoms with Gasteiger partial charge in [0, 0.05) is 18.8 Å². The van der Waals surface area contributed by atoms with Crippen molar-refractivity contribution in [2.24, 2.45) is 4.99 Å². The monoisotopic (exact) mass is 404 g/mol. The fourth-order valence-electron chi connectivity index (χ4n) is 1.71. The smallest absolute Gasteiger partial charge is 0.243 e. The number of guanidine groups is 1. The number of anilines is 1. The average Bonchev–Trinajstić information content (AvgIpc) is 2.43. The van der Waals surface area contributed by atoms with Crippen LogP contribution in [0, 0.1) is 0 Å². The minimum atomic E-state index is -0.0926. The summed E-state index contributed by atoms with van der Waals surface area (Å²) in [6.07, 6.45) is 0.951. The Labute approximate surface area is 144 Å². The number of halogens is 1. The predicted molar refractivity (Wildman–Crippen MR) is 99.5 cm³/mol. The number of carbonyl (C=O) groups excluding carboxylic acids is 1. The zero-order valence-corrected chi connectivity index (χ0v) is 15.4. The van der Waals surface area contributed by atoms with Gasteiger partial charge >= 0.3 is 0 Å². The molecule has 0 aliphatic carbocycles. The summed E-state index contributed by atoms with van der Waals surface area (Å²) in [6, 6.07) is 8.13. The first-order chi connectivity index (χ1) is 9.55. The second kappa shape index (κ2) is 10.4. The van der Waals surface area contributed by atoms with Crippen molar-refractivity contribution in [3.63, 3.8) is 0 Å². The van der Waals surface area contributed by atoms with Gasteiger partial charge in [0.25, 0.3) is 0 Å². The summed E-state index contributed by atoms with van der Waals surface area (Å²) < 4.78 is 0. The Morgan fingerprint density at radius 3 is 2.62 bits per heavy atom. The fourth-order valence-corrected chi connectivity index (χ4v) is 1.71. The molecule has 0 radical (unpaired) electrons. The Morgan fingerprint density at radius 1 is 1.33 bits per heavy atom. The van der Waals surface area contributed by atoms with Gasteiger partial charge in [0.2, 0.25) is 5.91 Å². The number of nitrogens with zero attached hydrogens (tertiary/aromatic N) is 1. The van der Waals surface area contributed by atoms with Crippen LogP contribution in [-0.2, 0) is 11.2 Å². The van der Waals surface area contributed by atoms with E-state index in [2.05, 4.69) is 27.9 Å². The van der Waals surface area contributed by atoms with E-state index in [0.717, 1.165) is 12.1 Å². The van der Waals surface area contributed by atoms with Crippen LogP contribution in [0.3, 0.4) is 0 Å². The van der Waals surface area contributed by atoms with E-state index in [1.165, 1.54) is 5.56 Å². The van der Waals surface area contributed by atoms with Gasteiger partial charge < -0.3 is 16.0 Å². The molecule has 0 unspecified atom stereocenters. The molecule has 1 aromatic rings. The van der Waals surface area contributed by atoms with Crippen molar-refractivity contribution in [2.75, 3.05) is 18.9 Å². The molecule has 1 rings (SSSR count). The van der Waals surface area contributed by atoms with Crippen molar-refractivity contribution >= 4 is 41.5 Å². The minimum Gasteiger partial charge on any atom is -0.354 e. The Kier molecular flexibility index (Phi) is 9.77. The topological polar surface area (TPSA) is 65.5 Å². The highest BCUT2D eigenvalue weighted by atomic mass is 127. The summed E-state index contributed by atoms with van der Waals surface area (Å²) in [4.78, 5) is 15.9. The van der Waals surface area contributed by atoms with Gasteiger partial charge in [-0.1, -0.05) is 19.1 Å². The lowest BCUT2D eigenvalue weighted by atomic mass is 10.1. The summed E-state index contributed by atoms with van der Waals surface area (Å²) >= 11 is 0. The molecule has 0 atom stereocenters. The first-order valence-electron chi connectivity index (χ1n) is 6.91. The Morgan fingerprint density at radius 2 is 2.05 bits per heavy atom. The molecule has 0 saturated carbocycles. The Balaban J connectivity index is 0.00000400. The maximum Gasteiger partial charge on any atom is 0.243 e. The quantitative estimate of drug-likeness (QED) is 0.401. The van der Waals surface area contributed by atoms with E-state index in [0.29, 0.717) is 5.96 Å². The van der Waals surface area contributed by atoms with Gasteiger partial charge in [-0.05, 0) is 38.0 Å². The largest absolute Gasteiger partial charge is 0.354 e. The lowest BCUT2D eigenvalue weighted by Gasteiger charge is -2.14. The lowest BCUT2D eigenvalue weighted by Crippen LogP contribution is -2.44. The third-order valence-electron chi connectivity index (χ3n) is 2.68. The summed E-state index contributed by atoms with van der Waals surface area (Å²) in [6.45, 7) is 6.30. The van der Waals surface area contributed by atoms with Gasteiger partial charge in [-0.25, -0.2) is 0 Å². The van der Waals surface area contributed by atoms with Gasteiger partial charge in [-0.3, -0.25) is 9.79 Å². The number of aryl methyl sites for hydroxylation is 1. The number of benzene rings is 1. The molecule has 0 bridgehead atoms. The van der Waals surface area contributed by atoms with E-state index in [1.807, 2.05) is 38.1 Å². The fraction of sp³-hybridized carbons (Fsp3) is 0.467. The van der Waals surface area contributed by atoms with Crippen LogP contribution in [0.15, 0.2) is 29.3 Å². The highest BCUT2D eigenvalue weighted by molar-refractivity contribution is 14.0. The van der Waals surface area contributed by atoms with Crippen LogP contribution >= 0.6 is 24.0 Å². The van der Waals surface area contributed by atoms with Crippen molar-refractivity contribution in [3.05, 3.63) is 29.8 Å². The normalized spacial score (nSPS) is 10.8. The second-order valence-corrected chi connectivity index (χ2v) is 4.83. The molecule has 0 fully saturated rings. The third-order valence-corrected chi connectivity index (χ3v) is 2.68. The molecule has 118 valence electrons. The Bertz CT molecular complexity index is 474. The number of nitrogens with one attached hydrogen (secondary N) is 3. The lowest BCUT2D eigenvalue weighted by molar-refractivity contribution is -0.115. The molecule has 0 spiro atoms. The second-order valence-electron chi connectivity index (χ2n) is 4.83. The highest BCUT2D eigenvalue weighted by Crippen LogP contribution is 2.10. The van der Waals surface area contributed by atoms with Crippen molar-refractivity contribution in [2.45, 2.75) is 33.2 Å². The molecule has 21 heavy (non-hydrogen) atoms. The molecule has 1 aromatic carbocycles. The number of carbonyl (C=O) groups is 1. The van der Waals surface area contributed by atoms with E-state index in [1.54, 1.807) is 7.05 Å². The molecule has 5 nitrogen and oxygen atoms in total. The summed E-state index contributed by atoms with van der Waals surface area (Å²) in [5.74, 6) is 0.530. The van der Waals surface area contributed by atoms with Crippen LogP contribution in [0.4, 0.5) is 5.69 Å². The number of hydrogen-bond acceptors (Lipinski definition) is 2. The van der Waals surface area contributed by atoms with Crippen molar-refractivity contribution < 1.29 is 4.79 Å². The van der Waals surface area contributed by atoms with Crippen molar-refractivity contribution in [1.82, 2.24) is 10.6 Å². The molecule has 0 heterocycles. The summed E-state index contributed by atoms with van der Waals surface area (Å²) in [5, 5.41) is 8.97.